The summed E-state index contributed by atoms with van der Waals surface area (Å²) in [6.45, 7) is 0.0815. The van der Waals surface area contributed by atoms with E-state index in [4.69, 9.17) is 0 Å². The molecule has 0 N–H and O–H groups in total. The Morgan fingerprint density at radius 3 is 2.79 bits per heavy atom. The summed E-state index contributed by atoms with van der Waals surface area (Å²) in [4.78, 5) is 9.71. The van der Waals surface area contributed by atoms with Gasteiger partial charge in [-0.2, -0.15) is 13.2 Å². The van der Waals surface area contributed by atoms with Crippen molar-refractivity contribution < 1.29 is 22.7 Å². The van der Waals surface area contributed by atoms with Crippen molar-refractivity contribution in [2.75, 3.05) is 6.61 Å². The summed E-state index contributed by atoms with van der Waals surface area (Å²) in [6, 6.07) is 0. The van der Waals surface area contributed by atoms with E-state index in [1.54, 1.807) is 0 Å². The zero-order valence-electron chi connectivity index (χ0n) is 6.74. The first-order chi connectivity index (χ1) is 6.55. The van der Waals surface area contributed by atoms with Gasteiger partial charge in [-0.15, -0.1) is 5.10 Å². The van der Waals surface area contributed by atoms with Crippen LogP contribution in [0.3, 0.4) is 0 Å². The van der Waals surface area contributed by atoms with Crippen LogP contribution in [-0.4, -0.2) is 22.7 Å². The van der Waals surface area contributed by atoms with Crippen molar-refractivity contribution in [3.8, 4) is 0 Å². The molecule has 14 heavy (non-hydrogen) atoms. The molecule has 0 aliphatic rings. The van der Waals surface area contributed by atoms with Crippen LogP contribution in [0.5, 0.6) is 0 Å². The molecule has 78 valence electrons. The summed E-state index contributed by atoms with van der Waals surface area (Å²) in [5, 5.41) is 2.97. The summed E-state index contributed by atoms with van der Waals surface area (Å²) >= 11 is 0.650. The molecule has 1 rings (SSSR count). The Morgan fingerprint density at radius 1 is 1.50 bits per heavy atom. The summed E-state index contributed by atoms with van der Waals surface area (Å²) in [7, 11) is 0. The molecule has 1 aromatic rings. The van der Waals surface area contributed by atoms with Crippen molar-refractivity contribution in [2.45, 2.75) is 12.6 Å². The van der Waals surface area contributed by atoms with Gasteiger partial charge in [0.25, 0.3) is 6.47 Å². The van der Waals surface area contributed by atoms with Gasteiger partial charge >= 0.3 is 6.18 Å². The lowest BCUT2D eigenvalue weighted by atomic mass is 10.3. The quantitative estimate of drug-likeness (QED) is 0.573. The Morgan fingerprint density at radius 2 is 2.21 bits per heavy atom. The van der Waals surface area contributed by atoms with Gasteiger partial charge in [-0.1, -0.05) is 4.49 Å². The average Bonchev–Trinajstić information content (AvgIpc) is 2.52. The van der Waals surface area contributed by atoms with Gasteiger partial charge in [-0.25, -0.2) is 0 Å². The van der Waals surface area contributed by atoms with Gasteiger partial charge in [-0.05, 0) is 11.5 Å². The molecule has 0 unspecified atom stereocenters. The largest absolute Gasteiger partial charge is 0.468 e. The molecule has 0 amide bonds. The molecule has 1 aromatic heterocycles. The first-order valence-electron chi connectivity index (χ1n) is 3.49. The fraction of sp³-hybridized carbons (Fsp3) is 0.500. The topological polar surface area (TPSA) is 52.1 Å². The molecule has 0 atom stereocenters. The van der Waals surface area contributed by atoms with Crippen molar-refractivity contribution in [1.29, 1.82) is 0 Å². The van der Waals surface area contributed by atoms with Gasteiger partial charge < -0.3 is 4.74 Å². The molecule has 0 spiro atoms. The number of aromatic nitrogens is 2. The standard InChI is InChI=1S/C6H5F3N2O2S/c7-6(8,9)5-4(14-11-10-5)1-2-13-3-12/h3H,1-2H2. The molecule has 4 nitrogen and oxygen atoms in total. The number of carbonyl (C=O) groups excluding carboxylic acids is 1. The minimum atomic E-state index is -4.50. The number of ether oxygens (including phenoxy) is 1. The highest BCUT2D eigenvalue weighted by Gasteiger charge is 2.37. The van der Waals surface area contributed by atoms with Gasteiger partial charge in [-0.3, -0.25) is 4.79 Å². The van der Waals surface area contributed by atoms with Crippen LogP contribution in [0.15, 0.2) is 0 Å². The SMILES string of the molecule is O=COCCc1snnc1C(F)(F)F. The van der Waals surface area contributed by atoms with E-state index >= 15 is 0 Å². The number of halogens is 3. The predicted molar refractivity (Wildman–Crippen MR) is 40.6 cm³/mol. The van der Waals surface area contributed by atoms with Crippen molar-refractivity contribution in [2.24, 2.45) is 0 Å². The summed E-state index contributed by atoms with van der Waals surface area (Å²) in [5.74, 6) is 0. The van der Waals surface area contributed by atoms with E-state index in [2.05, 4.69) is 14.3 Å². The van der Waals surface area contributed by atoms with E-state index in [0.29, 0.717) is 11.5 Å². The molecule has 0 saturated heterocycles. The van der Waals surface area contributed by atoms with E-state index < -0.39 is 11.9 Å². The first kappa shape index (κ1) is 10.9. The fourth-order valence-corrected chi connectivity index (χ4v) is 1.43. The van der Waals surface area contributed by atoms with Crippen LogP contribution in [0.1, 0.15) is 10.6 Å². The van der Waals surface area contributed by atoms with Crippen molar-refractivity contribution in [3.05, 3.63) is 10.6 Å². The Labute approximate surface area is 80.9 Å². The van der Waals surface area contributed by atoms with Gasteiger partial charge in [0.05, 0.1) is 11.5 Å². The minimum absolute atomic E-state index is 0.0226. The summed E-state index contributed by atoms with van der Waals surface area (Å²) in [6.07, 6.45) is -4.52. The fourth-order valence-electron chi connectivity index (χ4n) is 0.788. The van der Waals surface area contributed by atoms with Crippen LogP contribution < -0.4 is 0 Å². The first-order valence-corrected chi connectivity index (χ1v) is 4.26. The highest BCUT2D eigenvalue weighted by molar-refractivity contribution is 7.05. The van der Waals surface area contributed by atoms with E-state index in [1.807, 2.05) is 0 Å². The lowest BCUT2D eigenvalue weighted by Crippen LogP contribution is -2.10. The second kappa shape index (κ2) is 4.36. The van der Waals surface area contributed by atoms with E-state index in [9.17, 15) is 18.0 Å². The van der Waals surface area contributed by atoms with Gasteiger partial charge in [0.15, 0.2) is 5.69 Å². The lowest BCUT2D eigenvalue weighted by molar-refractivity contribution is -0.141. The molecular formula is C6H5F3N2O2S. The van der Waals surface area contributed by atoms with Crippen molar-refractivity contribution in [3.63, 3.8) is 0 Å². The Hall–Kier alpha value is -1.18. The predicted octanol–water partition coefficient (Wildman–Crippen LogP) is 1.27. The molecule has 8 heteroatoms. The number of carbonyl (C=O) groups is 1. The molecule has 0 bridgehead atoms. The van der Waals surface area contributed by atoms with E-state index in [-0.39, 0.29) is 24.4 Å². The number of nitrogens with zero attached hydrogens (tertiary/aromatic N) is 2. The van der Waals surface area contributed by atoms with Gasteiger partial charge in [0.2, 0.25) is 0 Å². The van der Waals surface area contributed by atoms with Crippen LogP contribution in [-0.2, 0) is 22.1 Å². The van der Waals surface area contributed by atoms with E-state index in [1.165, 1.54) is 0 Å². The van der Waals surface area contributed by atoms with Gasteiger partial charge in [0.1, 0.15) is 0 Å². The molecule has 0 aromatic carbocycles. The number of hydrogen-bond acceptors (Lipinski definition) is 5. The Kier molecular flexibility index (Phi) is 3.39. The maximum absolute atomic E-state index is 12.2. The van der Waals surface area contributed by atoms with Crippen LogP contribution in [0.4, 0.5) is 13.2 Å². The maximum Gasteiger partial charge on any atom is 0.436 e. The molecule has 0 saturated carbocycles. The maximum atomic E-state index is 12.2. The van der Waals surface area contributed by atoms with Crippen molar-refractivity contribution >= 4 is 18.0 Å². The summed E-state index contributed by atoms with van der Waals surface area (Å²) < 4.78 is 44.0. The Bertz CT molecular complexity index is 312. The number of hydrogen-bond donors (Lipinski definition) is 0. The lowest BCUT2D eigenvalue weighted by Gasteiger charge is -2.03. The second-order valence-corrected chi connectivity index (χ2v) is 3.10. The smallest absolute Gasteiger partial charge is 0.436 e. The zero-order valence-corrected chi connectivity index (χ0v) is 7.56. The van der Waals surface area contributed by atoms with Crippen LogP contribution in [0.2, 0.25) is 0 Å². The Balaban J connectivity index is 2.68. The van der Waals surface area contributed by atoms with Gasteiger partial charge in [0, 0.05) is 6.42 Å². The molecule has 1 heterocycles. The monoisotopic (exact) mass is 226 g/mol. The summed E-state index contributed by atoms with van der Waals surface area (Å²) in [5.41, 5.74) is -1.00. The molecule has 0 fully saturated rings. The van der Waals surface area contributed by atoms with Crippen LogP contribution in [0, 0.1) is 0 Å². The molecule has 0 aliphatic carbocycles. The highest BCUT2D eigenvalue weighted by atomic mass is 32.1. The zero-order chi connectivity index (χ0) is 10.6. The number of rotatable bonds is 4. The third-order valence-electron chi connectivity index (χ3n) is 1.34. The third kappa shape index (κ3) is 2.66. The highest BCUT2D eigenvalue weighted by Crippen LogP contribution is 2.31. The van der Waals surface area contributed by atoms with Crippen molar-refractivity contribution in [1.82, 2.24) is 9.59 Å². The van der Waals surface area contributed by atoms with E-state index in [0.717, 1.165) is 0 Å². The number of alkyl halides is 3. The second-order valence-electron chi connectivity index (χ2n) is 2.26. The third-order valence-corrected chi connectivity index (χ3v) is 2.12. The molecule has 0 radical (unpaired) electrons. The van der Waals surface area contributed by atoms with Crippen LogP contribution >= 0.6 is 11.5 Å². The molecule has 0 aliphatic heterocycles. The normalized spacial score (nSPS) is 11.4. The minimum Gasteiger partial charge on any atom is -0.468 e. The average molecular weight is 226 g/mol. The molecular weight excluding hydrogens is 221 g/mol. The van der Waals surface area contributed by atoms with Crippen LogP contribution in [0.25, 0.3) is 0 Å².